The van der Waals surface area contributed by atoms with Crippen molar-refractivity contribution in [3.05, 3.63) is 151 Å². The molecule has 0 fully saturated rings. The standard InChI is InChI=1S/C40H29NS/c1-40(2)36-15-9-8-12-30(36)31-21-18-28(24-37(31)40)26-16-19-29(20-17-26)42-39-33-14-7-6-13-32(33)38(27-10-4-3-5-11-27)35-25-41-23-22-34(35)39/h3-25H,1-2H3. The zero-order chi connectivity index (χ0) is 28.3. The minimum Gasteiger partial charge on any atom is -0.264 e. The van der Waals surface area contributed by atoms with Crippen LogP contribution in [-0.4, -0.2) is 4.98 Å². The second-order valence-electron chi connectivity index (χ2n) is 11.6. The van der Waals surface area contributed by atoms with Gasteiger partial charge in [0.15, 0.2) is 0 Å². The van der Waals surface area contributed by atoms with E-state index in [2.05, 4.69) is 146 Å². The van der Waals surface area contributed by atoms with Crippen LogP contribution in [0.25, 0.3) is 54.9 Å². The maximum absolute atomic E-state index is 4.54. The fourth-order valence-electron chi connectivity index (χ4n) is 6.72. The quantitative estimate of drug-likeness (QED) is 0.200. The first kappa shape index (κ1) is 25.1. The van der Waals surface area contributed by atoms with Gasteiger partial charge in [-0.25, -0.2) is 0 Å². The first-order valence-corrected chi connectivity index (χ1v) is 15.3. The van der Waals surface area contributed by atoms with Crippen molar-refractivity contribution in [2.75, 3.05) is 0 Å². The van der Waals surface area contributed by atoms with Gasteiger partial charge in [0.05, 0.1) is 0 Å². The number of nitrogens with zero attached hydrogens (tertiary/aromatic N) is 1. The normalized spacial score (nSPS) is 13.3. The fraction of sp³-hybridized carbons (Fsp3) is 0.0750. The molecule has 1 aromatic heterocycles. The lowest BCUT2D eigenvalue weighted by Gasteiger charge is -2.22. The Morgan fingerprint density at radius 3 is 2.02 bits per heavy atom. The van der Waals surface area contributed by atoms with Gasteiger partial charge < -0.3 is 0 Å². The number of fused-ring (bicyclic) bond motifs is 5. The predicted molar refractivity (Wildman–Crippen MR) is 178 cm³/mol. The zero-order valence-corrected chi connectivity index (χ0v) is 24.5. The average molecular weight is 556 g/mol. The summed E-state index contributed by atoms with van der Waals surface area (Å²) in [6, 6.07) is 46.5. The van der Waals surface area contributed by atoms with Crippen LogP contribution in [0, 0.1) is 0 Å². The molecule has 0 amide bonds. The lowest BCUT2D eigenvalue weighted by molar-refractivity contribution is 0.660. The molecule has 1 nitrogen and oxygen atoms in total. The van der Waals surface area contributed by atoms with E-state index in [-0.39, 0.29) is 5.41 Å². The van der Waals surface area contributed by atoms with Gasteiger partial charge in [0.1, 0.15) is 0 Å². The summed E-state index contributed by atoms with van der Waals surface area (Å²) in [6.45, 7) is 4.68. The van der Waals surface area contributed by atoms with Crippen molar-refractivity contribution < 1.29 is 0 Å². The first-order chi connectivity index (χ1) is 20.6. The van der Waals surface area contributed by atoms with E-state index >= 15 is 0 Å². The Balaban J connectivity index is 1.19. The molecule has 2 heteroatoms. The van der Waals surface area contributed by atoms with Crippen molar-refractivity contribution in [1.29, 1.82) is 0 Å². The van der Waals surface area contributed by atoms with Crippen LogP contribution in [-0.2, 0) is 5.41 Å². The monoisotopic (exact) mass is 555 g/mol. The van der Waals surface area contributed by atoms with Crippen LogP contribution < -0.4 is 0 Å². The van der Waals surface area contributed by atoms with Gasteiger partial charge >= 0.3 is 0 Å². The highest BCUT2D eigenvalue weighted by molar-refractivity contribution is 7.99. The molecular weight excluding hydrogens is 527 g/mol. The smallest absolute Gasteiger partial charge is 0.0353 e. The molecule has 8 rings (SSSR count). The van der Waals surface area contributed by atoms with Crippen LogP contribution in [0.5, 0.6) is 0 Å². The molecule has 0 saturated heterocycles. The molecule has 200 valence electrons. The summed E-state index contributed by atoms with van der Waals surface area (Å²) in [4.78, 5) is 7.03. The van der Waals surface area contributed by atoms with E-state index in [0.29, 0.717) is 0 Å². The second kappa shape index (κ2) is 9.72. The Morgan fingerprint density at radius 1 is 0.524 bits per heavy atom. The maximum Gasteiger partial charge on any atom is 0.0353 e. The van der Waals surface area contributed by atoms with E-state index in [0.717, 1.165) is 0 Å². The minimum absolute atomic E-state index is 0.000607. The summed E-state index contributed by atoms with van der Waals surface area (Å²) in [5, 5.41) is 4.94. The summed E-state index contributed by atoms with van der Waals surface area (Å²) in [5.41, 5.74) is 10.5. The Kier molecular flexibility index (Phi) is 5.80. The summed E-state index contributed by atoms with van der Waals surface area (Å²) < 4.78 is 0. The van der Waals surface area contributed by atoms with Gasteiger partial charge in [-0.2, -0.15) is 0 Å². The Hall–Kier alpha value is -4.66. The van der Waals surface area contributed by atoms with Gasteiger partial charge in [-0.15, -0.1) is 0 Å². The Morgan fingerprint density at radius 2 is 1.19 bits per heavy atom. The molecule has 0 aliphatic heterocycles. The number of hydrogen-bond acceptors (Lipinski definition) is 2. The van der Waals surface area contributed by atoms with E-state index in [1.54, 1.807) is 0 Å². The largest absolute Gasteiger partial charge is 0.264 e. The summed E-state index contributed by atoms with van der Waals surface area (Å²) in [5.74, 6) is 0. The second-order valence-corrected chi connectivity index (χ2v) is 12.7. The van der Waals surface area contributed by atoms with Gasteiger partial charge in [-0.3, -0.25) is 4.98 Å². The summed E-state index contributed by atoms with van der Waals surface area (Å²) in [6.07, 6.45) is 3.93. The first-order valence-electron chi connectivity index (χ1n) is 14.5. The van der Waals surface area contributed by atoms with Crippen molar-refractivity contribution in [2.45, 2.75) is 29.1 Å². The van der Waals surface area contributed by atoms with Gasteiger partial charge in [-0.05, 0) is 84.9 Å². The van der Waals surface area contributed by atoms with E-state index < -0.39 is 0 Å². The van der Waals surface area contributed by atoms with Crippen LogP contribution in [0.1, 0.15) is 25.0 Å². The molecule has 1 aliphatic rings. The number of benzene rings is 6. The summed E-state index contributed by atoms with van der Waals surface area (Å²) in [7, 11) is 0. The van der Waals surface area contributed by atoms with Gasteiger partial charge in [-0.1, -0.05) is 129 Å². The van der Waals surface area contributed by atoms with E-state index in [1.165, 1.54) is 75.8 Å². The van der Waals surface area contributed by atoms with E-state index in [1.807, 2.05) is 24.2 Å². The third-order valence-corrected chi connectivity index (χ3v) is 9.98. The van der Waals surface area contributed by atoms with Crippen molar-refractivity contribution in [3.8, 4) is 33.4 Å². The third kappa shape index (κ3) is 3.90. The van der Waals surface area contributed by atoms with Crippen LogP contribution in [0.4, 0.5) is 0 Å². The molecule has 1 aliphatic carbocycles. The molecule has 0 atom stereocenters. The average Bonchev–Trinajstić information content (AvgIpc) is 3.27. The van der Waals surface area contributed by atoms with Gasteiger partial charge in [0.25, 0.3) is 0 Å². The number of pyridine rings is 1. The molecule has 0 radical (unpaired) electrons. The van der Waals surface area contributed by atoms with E-state index in [4.69, 9.17) is 0 Å². The van der Waals surface area contributed by atoms with Crippen molar-refractivity contribution >= 4 is 33.3 Å². The molecule has 0 unspecified atom stereocenters. The molecular formula is C40H29NS. The minimum atomic E-state index is 0.000607. The van der Waals surface area contributed by atoms with Gasteiger partial charge in [0, 0.05) is 33.0 Å². The maximum atomic E-state index is 4.54. The fourth-order valence-corrected chi connectivity index (χ4v) is 7.81. The molecule has 0 spiro atoms. The topological polar surface area (TPSA) is 12.9 Å². The number of aromatic nitrogens is 1. The zero-order valence-electron chi connectivity index (χ0n) is 23.6. The summed E-state index contributed by atoms with van der Waals surface area (Å²) >= 11 is 1.84. The molecule has 42 heavy (non-hydrogen) atoms. The SMILES string of the molecule is CC1(C)c2ccccc2-c2ccc(-c3ccc(Sc4c5ccccc5c(-c5ccccc5)c5cnccc45)cc3)cc21. The lowest BCUT2D eigenvalue weighted by Crippen LogP contribution is -2.14. The highest BCUT2D eigenvalue weighted by Gasteiger charge is 2.35. The van der Waals surface area contributed by atoms with Crippen molar-refractivity contribution in [3.63, 3.8) is 0 Å². The molecule has 0 bridgehead atoms. The van der Waals surface area contributed by atoms with Crippen molar-refractivity contribution in [2.24, 2.45) is 0 Å². The van der Waals surface area contributed by atoms with E-state index in [9.17, 15) is 0 Å². The Labute approximate surface area is 250 Å². The lowest BCUT2D eigenvalue weighted by atomic mass is 9.81. The number of rotatable bonds is 4. The predicted octanol–water partition coefficient (Wildman–Crippen LogP) is 11.2. The molecule has 7 aromatic rings. The highest BCUT2D eigenvalue weighted by Crippen LogP contribution is 2.50. The highest BCUT2D eigenvalue weighted by atomic mass is 32.2. The van der Waals surface area contributed by atoms with Crippen LogP contribution in [0.15, 0.2) is 150 Å². The molecule has 0 saturated carbocycles. The van der Waals surface area contributed by atoms with Crippen molar-refractivity contribution in [1.82, 2.24) is 4.98 Å². The van der Waals surface area contributed by atoms with Crippen LogP contribution >= 0.6 is 11.8 Å². The van der Waals surface area contributed by atoms with Crippen LogP contribution in [0.2, 0.25) is 0 Å². The number of hydrogen-bond donors (Lipinski definition) is 0. The molecule has 0 N–H and O–H groups in total. The van der Waals surface area contributed by atoms with Gasteiger partial charge in [0.2, 0.25) is 0 Å². The molecule has 6 aromatic carbocycles. The van der Waals surface area contributed by atoms with Crippen LogP contribution in [0.3, 0.4) is 0 Å². The third-order valence-electron chi connectivity index (χ3n) is 8.83. The Bertz CT molecular complexity index is 2070. The molecule has 1 heterocycles.